The quantitative estimate of drug-likeness (QED) is 0.896. The number of nitrogens with one attached hydrogen (secondary N) is 2. The summed E-state index contributed by atoms with van der Waals surface area (Å²) in [6.45, 7) is 0.583. The highest BCUT2D eigenvalue weighted by molar-refractivity contribution is 6.34. The highest BCUT2D eigenvalue weighted by Gasteiger charge is 2.19. The van der Waals surface area contributed by atoms with Crippen LogP contribution in [0.25, 0.3) is 0 Å². The number of carbonyl (C=O) groups excluding carboxylic acids is 1. The molecule has 3 rings (SSSR count). The lowest BCUT2D eigenvalue weighted by Gasteiger charge is -2.11. The van der Waals surface area contributed by atoms with Gasteiger partial charge in [-0.2, -0.15) is 0 Å². The average Bonchev–Trinajstić information content (AvgIpc) is 2.76. The molecule has 2 N–H and O–H groups in total. The second-order valence-electron chi connectivity index (χ2n) is 4.66. The van der Waals surface area contributed by atoms with E-state index in [1.807, 2.05) is 30.3 Å². The molecule has 0 aromatic heterocycles. The Labute approximate surface area is 126 Å². The maximum atomic E-state index is 11.4. The molecule has 0 saturated carbocycles. The fourth-order valence-electron chi connectivity index (χ4n) is 2.22. The molecular weight excluding hydrogens is 295 g/mol. The van der Waals surface area contributed by atoms with Crippen molar-refractivity contribution in [1.29, 1.82) is 0 Å². The summed E-state index contributed by atoms with van der Waals surface area (Å²) >= 11 is 12.3. The molecule has 0 radical (unpaired) electrons. The molecule has 0 bridgehead atoms. The highest BCUT2D eigenvalue weighted by Crippen LogP contribution is 2.33. The van der Waals surface area contributed by atoms with Crippen molar-refractivity contribution < 1.29 is 4.79 Å². The molecule has 0 fully saturated rings. The van der Waals surface area contributed by atoms with Crippen molar-refractivity contribution in [3.8, 4) is 0 Å². The molecule has 3 nitrogen and oxygen atoms in total. The predicted molar refractivity (Wildman–Crippen MR) is 82.6 cm³/mol. The first-order valence-corrected chi connectivity index (χ1v) is 6.98. The van der Waals surface area contributed by atoms with Gasteiger partial charge in [-0.1, -0.05) is 41.4 Å². The number of fused-ring (bicyclic) bond motifs is 1. The molecule has 2 aromatic rings. The van der Waals surface area contributed by atoms with Gasteiger partial charge in [0.1, 0.15) is 0 Å². The maximum absolute atomic E-state index is 11.4. The molecule has 0 spiro atoms. The molecule has 20 heavy (non-hydrogen) atoms. The Morgan fingerprint density at radius 2 is 1.95 bits per heavy atom. The molecule has 2 aromatic carbocycles. The lowest BCUT2D eigenvalue weighted by Crippen LogP contribution is -2.03. The zero-order valence-corrected chi connectivity index (χ0v) is 12.1. The number of benzene rings is 2. The van der Waals surface area contributed by atoms with Crippen LogP contribution in [-0.2, 0) is 17.8 Å². The molecule has 1 heterocycles. The Morgan fingerprint density at radius 1 is 1.15 bits per heavy atom. The van der Waals surface area contributed by atoms with E-state index >= 15 is 0 Å². The highest BCUT2D eigenvalue weighted by atomic mass is 35.5. The number of anilines is 2. The summed E-state index contributed by atoms with van der Waals surface area (Å²) < 4.78 is 0. The SMILES string of the molecule is O=C1Cc2cc(NCc3ccccc3Cl)c(Cl)cc2N1. The van der Waals surface area contributed by atoms with Gasteiger partial charge in [0.25, 0.3) is 0 Å². The number of halogens is 2. The van der Waals surface area contributed by atoms with Crippen LogP contribution in [0.1, 0.15) is 11.1 Å². The Kier molecular flexibility index (Phi) is 3.55. The van der Waals surface area contributed by atoms with Crippen molar-refractivity contribution in [2.75, 3.05) is 10.6 Å². The molecule has 0 saturated heterocycles. The summed E-state index contributed by atoms with van der Waals surface area (Å²) in [6, 6.07) is 11.3. The van der Waals surface area contributed by atoms with Crippen LogP contribution >= 0.6 is 23.2 Å². The van der Waals surface area contributed by atoms with Crippen LogP contribution in [0.3, 0.4) is 0 Å². The van der Waals surface area contributed by atoms with Crippen LogP contribution in [0.2, 0.25) is 10.0 Å². The smallest absolute Gasteiger partial charge is 0.228 e. The molecule has 5 heteroatoms. The van der Waals surface area contributed by atoms with E-state index in [-0.39, 0.29) is 5.91 Å². The van der Waals surface area contributed by atoms with Gasteiger partial charge in [-0.3, -0.25) is 4.79 Å². The van der Waals surface area contributed by atoms with Crippen molar-refractivity contribution in [1.82, 2.24) is 0 Å². The molecular formula is C15H12Cl2N2O. The largest absolute Gasteiger partial charge is 0.380 e. The van der Waals surface area contributed by atoms with Crippen LogP contribution in [0, 0.1) is 0 Å². The van der Waals surface area contributed by atoms with E-state index in [4.69, 9.17) is 23.2 Å². The first-order chi connectivity index (χ1) is 9.63. The van der Waals surface area contributed by atoms with Crippen LogP contribution < -0.4 is 10.6 Å². The van der Waals surface area contributed by atoms with Crippen LogP contribution in [0.4, 0.5) is 11.4 Å². The van der Waals surface area contributed by atoms with Gasteiger partial charge in [-0.15, -0.1) is 0 Å². The van der Waals surface area contributed by atoms with Crippen molar-refractivity contribution >= 4 is 40.5 Å². The van der Waals surface area contributed by atoms with Gasteiger partial charge < -0.3 is 10.6 Å². The summed E-state index contributed by atoms with van der Waals surface area (Å²) in [6.07, 6.45) is 0.396. The summed E-state index contributed by atoms with van der Waals surface area (Å²) in [5.74, 6) is -0.000629. The minimum Gasteiger partial charge on any atom is -0.380 e. The zero-order valence-electron chi connectivity index (χ0n) is 10.5. The zero-order chi connectivity index (χ0) is 14.1. The Bertz CT molecular complexity index is 686. The molecule has 0 aliphatic carbocycles. The van der Waals surface area contributed by atoms with Gasteiger partial charge in [0, 0.05) is 17.3 Å². The lowest BCUT2D eigenvalue weighted by atomic mass is 10.1. The average molecular weight is 307 g/mol. The minimum atomic E-state index is -0.000629. The molecule has 1 amide bonds. The fourth-order valence-corrected chi connectivity index (χ4v) is 2.65. The topological polar surface area (TPSA) is 41.1 Å². The van der Waals surface area contributed by atoms with E-state index < -0.39 is 0 Å². The molecule has 1 aliphatic heterocycles. The number of carbonyl (C=O) groups is 1. The molecule has 0 atom stereocenters. The maximum Gasteiger partial charge on any atom is 0.228 e. The second-order valence-corrected chi connectivity index (χ2v) is 5.47. The van der Waals surface area contributed by atoms with Gasteiger partial charge in [0.15, 0.2) is 0 Å². The van der Waals surface area contributed by atoms with E-state index in [1.165, 1.54) is 0 Å². The number of hydrogen-bond acceptors (Lipinski definition) is 2. The number of amides is 1. The van der Waals surface area contributed by atoms with Gasteiger partial charge in [0.2, 0.25) is 5.91 Å². The summed E-state index contributed by atoms with van der Waals surface area (Å²) in [7, 11) is 0. The van der Waals surface area contributed by atoms with Crippen LogP contribution in [-0.4, -0.2) is 5.91 Å². The van der Waals surface area contributed by atoms with Gasteiger partial charge >= 0.3 is 0 Å². The van der Waals surface area contributed by atoms with Crippen molar-refractivity contribution in [3.63, 3.8) is 0 Å². The van der Waals surface area contributed by atoms with E-state index in [0.29, 0.717) is 23.0 Å². The summed E-state index contributed by atoms with van der Waals surface area (Å²) in [5.41, 5.74) is 3.56. The second kappa shape index (κ2) is 5.35. The number of hydrogen-bond donors (Lipinski definition) is 2. The van der Waals surface area contributed by atoms with Gasteiger partial charge in [0.05, 0.1) is 17.1 Å². The summed E-state index contributed by atoms with van der Waals surface area (Å²) in [5, 5.41) is 7.33. The predicted octanol–water partition coefficient (Wildman–Crippen LogP) is 4.10. The Balaban J connectivity index is 1.80. The normalized spacial score (nSPS) is 13.0. The molecule has 102 valence electrons. The third kappa shape index (κ3) is 2.60. The van der Waals surface area contributed by atoms with E-state index in [9.17, 15) is 4.79 Å². The Morgan fingerprint density at radius 3 is 2.75 bits per heavy atom. The van der Waals surface area contributed by atoms with E-state index in [2.05, 4.69) is 10.6 Å². The van der Waals surface area contributed by atoms with Crippen LogP contribution in [0.15, 0.2) is 36.4 Å². The first-order valence-electron chi connectivity index (χ1n) is 6.23. The molecule has 1 aliphatic rings. The van der Waals surface area contributed by atoms with Gasteiger partial charge in [-0.25, -0.2) is 0 Å². The minimum absolute atomic E-state index is 0.000629. The van der Waals surface area contributed by atoms with E-state index in [0.717, 1.165) is 22.5 Å². The van der Waals surface area contributed by atoms with Crippen molar-refractivity contribution in [2.45, 2.75) is 13.0 Å². The van der Waals surface area contributed by atoms with Gasteiger partial charge in [-0.05, 0) is 29.3 Å². The third-order valence-corrected chi connectivity index (χ3v) is 3.93. The first kappa shape index (κ1) is 13.3. The van der Waals surface area contributed by atoms with Crippen LogP contribution in [0.5, 0.6) is 0 Å². The standard InChI is InChI=1S/C15H12Cl2N2O/c16-11-4-2-1-3-9(11)8-18-14-5-10-6-15(20)19-13(10)7-12(14)17/h1-5,7,18H,6,8H2,(H,19,20). The van der Waals surface area contributed by atoms with Crippen molar-refractivity contribution in [2.24, 2.45) is 0 Å². The molecule has 0 unspecified atom stereocenters. The third-order valence-electron chi connectivity index (χ3n) is 3.25. The van der Waals surface area contributed by atoms with Crippen molar-refractivity contribution in [3.05, 3.63) is 57.6 Å². The summed E-state index contributed by atoms with van der Waals surface area (Å²) in [4.78, 5) is 11.4. The van der Waals surface area contributed by atoms with E-state index in [1.54, 1.807) is 6.07 Å². The Hall–Kier alpha value is -1.71. The monoisotopic (exact) mass is 306 g/mol. The lowest BCUT2D eigenvalue weighted by molar-refractivity contribution is -0.115. The fraction of sp³-hybridized carbons (Fsp3) is 0.133. The number of rotatable bonds is 3.